The fourth-order valence-electron chi connectivity index (χ4n) is 7.35. The van der Waals surface area contributed by atoms with Gasteiger partial charge in [-0.3, -0.25) is 13.7 Å². The van der Waals surface area contributed by atoms with E-state index in [4.69, 9.17) is 0 Å². The van der Waals surface area contributed by atoms with Crippen molar-refractivity contribution in [2.24, 2.45) is 29.6 Å². The Bertz CT molecular complexity index is 1390. The minimum Gasteiger partial charge on any atom is -0.285 e. The van der Waals surface area contributed by atoms with Crippen LogP contribution in [0.2, 0.25) is 0 Å². The average Bonchev–Trinajstić information content (AvgIpc) is 2.95. The molecule has 0 fully saturated rings. The molecule has 7 unspecified atom stereocenters. The normalized spacial score (nSPS) is 19.0. The first kappa shape index (κ1) is 44.7. The van der Waals surface area contributed by atoms with Gasteiger partial charge in [-0.1, -0.05) is 116 Å². The van der Waals surface area contributed by atoms with Crippen molar-refractivity contribution in [3.63, 3.8) is 0 Å². The SMILES string of the molecule is C=C(CC)C(C(C)C(CC)C(C/C=C/C(/C(=C(/CCC)C(CC)C(C)=CC)C(C)S(=O)(=O)O)S(=O)(=O)O)C(CC)CC)S(=O)(=O)O. The number of hydrogen-bond acceptors (Lipinski definition) is 6. The first-order valence-corrected chi connectivity index (χ1v) is 21.2. The second kappa shape index (κ2) is 19.6. The Kier molecular flexibility index (Phi) is 19.1. The summed E-state index contributed by atoms with van der Waals surface area (Å²) >= 11 is 0. The Morgan fingerprint density at radius 3 is 1.67 bits per heavy atom. The highest BCUT2D eigenvalue weighted by Gasteiger charge is 2.40. The molecule has 12 heteroatoms. The Morgan fingerprint density at radius 1 is 0.783 bits per heavy atom. The molecule has 0 saturated carbocycles. The largest absolute Gasteiger partial charge is 0.285 e. The molecule has 0 bridgehead atoms. The lowest BCUT2D eigenvalue weighted by atomic mass is 9.69. The van der Waals surface area contributed by atoms with E-state index in [1.807, 2.05) is 54.5 Å². The van der Waals surface area contributed by atoms with Crippen molar-refractivity contribution in [1.29, 1.82) is 0 Å². The van der Waals surface area contributed by atoms with E-state index in [0.717, 1.165) is 18.4 Å². The summed E-state index contributed by atoms with van der Waals surface area (Å²) in [6, 6.07) is 0. The molecule has 9 nitrogen and oxygen atoms in total. The predicted molar refractivity (Wildman–Crippen MR) is 191 cm³/mol. The highest BCUT2D eigenvalue weighted by molar-refractivity contribution is 7.88. The van der Waals surface area contributed by atoms with Crippen LogP contribution >= 0.6 is 0 Å². The maximum absolute atomic E-state index is 13.1. The van der Waals surface area contributed by atoms with Gasteiger partial charge >= 0.3 is 0 Å². The van der Waals surface area contributed by atoms with E-state index < -0.39 is 52.0 Å². The Morgan fingerprint density at radius 2 is 1.33 bits per heavy atom. The topological polar surface area (TPSA) is 163 Å². The van der Waals surface area contributed by atoms with Crippen LogP contribution in [0, 0.1) is 29.6 Å². The van der Waals surface area contributed by atoms with E-state index in [-0.39, 0.29) is 29.2 Å². The lowest BCUT2D eigenvalue weighted by Gasteiger charge is -2.38. The van der Waals surface area contributed by atoms with E-state index in [0.29, 0.717) is 49.7 Å². The summed E-state index contributed by atoms with van der Waals surface area (Å²) in [6.07, 6.45) is 9.18. The third-order valence-corrected chi connectivity index (χ3v) is 13.6. The van der Waals surface area contributed by atoms with Gasteiger partial charge in [-0.05, 0) is 75.7 Å². The number of rotatable bonds is 22. The van der Waals surface area contributed by atoms with Gasteiger partial charge in [-0.25, -0.2) is 0 Å². The molecule has 0 aromatic heterocycles. The van der Waals surface area contributed by atoms with E-state index in [9.17, 15) is 38.9 Å². The first-order valence-electron chi connectivity index (χ1n) is 16.7. The van der Waals surface area contributed by atoms with Crippen LogP contribution in [0.5, 0.6) is 0 Å². The third-order valence-electron chi connectivity index (χ3n) is 9.96. The maximum atomic E-state index is 13.1. The maximum Gasteiger partial charge on any atom is 0.275 e. The highest BCUT2D eigenvalue weighted by Crippen LogP contribution is 2.41. The van der Waals surface area contributed by atoms with Crippen LogP contribution in [-0.4, -0.2) is 54.7 Å². The van der Waals surface area contributed by atoms with Crippen molar-refractivity contribution in [3.8, 4) is 0 Å². The monoisotopic (exact) mass is 710 g/mol. The van der Waals surface area contributed by atoms with E-state index in [1.54, 1.807) is 19.9 Å². The van der Waals surface area contributed by atoms with Crippen LogP contribution in [0.15, 0.2) is 47.1 Å². The minimum absolute atomic E-state index is 0.0543. The van der Waals surface area contributed by atoms with Gasteiger partial charge in [0.15, 0.2) is 0 Å². The first-order chi connectivity index (χ1) is 21.1. The van der Waals surface area contributed by atoms with E-state index in [2.05, 4.69) is 6.58 Å². The zero-order valence-electron chi connectivity index (χ0n) is 29.7. The van der Waals surface area contributed by atoms with Crippen molar-refractivity contribution in [2.75, 3.05) is 0 Å². The molecule has 3 N–H and O–H groups in total. The van der Waals surface area contributed by atoms with Crippen molar-refractivity contribution >= 4 is 30.4 Å². The van der Waals surface area contributed by atoms with Gasteiger partial charge in [0.25, 0.3) is 30.4 Å². The molecule has 0 aromatic rings. The third kappa shape index (κ3) is 12.3. The summed E-state index contributed by atoms with van der Waals surface area (Å²) < 4.78 is 107. The zero-order chi connectivity index (χ0) is 36.2. The summed E-state index contributed by atoms with van der Waals surface area (Å²) in [5.74, 6) is -0.990. The zero-order valence-corrected chi connectivity index (χ0v) is 32.2. The quantitative estimate of drug-likeness (QED) is 0.0738. The van der Waals surface area contributed by atoms with Crippen molar-refractivity contribution in [2.45, 2.75) is 136 Å². The van der Waals surface area contributed by atoms with Gasteiger partial charge in [0, 0.05) is 5.92 Å². The van der Waals surface area contributed by atoms with Crippen LogP contribution in [0.4, 0.5) is 0 Å². The van der Waals surface area contributed by atoms with Gasteiger partial charge in [0.2, 0.25) is 0 Å². The molecular weight excluding hydrogens is 649 g/mol. The van der Waals surface area contributed by atoms with Crippen LogP contribution < -0.4 is 0 Å². The Balaban J connectivity index is 7.51. The van der Waals surface area contributed by atoms with Crippen molar-refractivity contribution in [1.82, 2.24) is 0 Å². The molecule has 0 aliphatic carbocycles. The molecule has 0 aliphatic rings. The van der Waals surface area contributed by atoms with Crippen molar-refractivity contribution in [3.05, 3.63) is 47.1 Å². The Hall–Kier alpha value is -1.31. The number of allylic oxidation sites excluding steroid dienone is 4. The second-order valence-electron chi connectivity index (χ2n) is 12.6. The summed E-state index contributed by atoms with van der Waals surface area (Å²) in [4.78, 5) is 0. The molecule has 46 heavy (non-hydrogen) atoms. The molecule has 0 amide bonds. The van der Waals surface area contributed by atoms with Crippen LogP contribution in [0.25, 0.3) is 0 Å². The fraction of sp³-hybridized carbons (Fsp3) is 0.765. The van der Waals surface area contributed by atoms with Gasteiger partial charge in [0.05, 0.1) is 0 Å². The highest BCUT2D eigenvalue weighted by atomic mass is 32.2. The Labute approximate surface area is 281 Å². The molecule has 0 rings (SSSR count). The van der Waals surface area contributed by atoms with E-state index in [1.165, 1.54) is 13.0 Å². The summed E-state index contributed by atoms with van der Waals surface area (Å²) in [5.41, 5.74) is 1.84. The van der Waals surface area contributed by atoms with Gasteiger partial charge in [-0.2, -0.15) is 25.3 Å². The fourth-order valence-corrected chi connectivity index (χ4v) is 10.4. The van der Waals surface area contributed by atoms with Crippen LogP contribution in [0.1, 0.15) is 121 Å². The lowest BCUT2D eigenvalue weighted by molar-refractivity contribution is 0.154. The minimum atomic E-state index is -4.89. The standard InChI is InChI=1S/C34H62O9S3/c1-12-20-31(28(17-6)23(8)13-2)33(26(11)44(35,36)37)32(45(38,39)40)22-19-21-30(27(15-4)16-5)29(18-7)25(10)34(24(9)14-3)46(41,42)43/h13,19,22,25-30,32,34H,9,12,14-18,20-21H2,1-8,10-11H3,(H,35,36,37)(H,38,39,40)(H,41,42,43)/b22-19+,23-13?,33-31-. The lowest BCUT2D eigenvalue weighted by Crippen LogP contribution is -2.38. The van der Waals surface area contributed by atoms with Gasteiger partial charge in [-0.15, -0.1) is 0 Å². The van der Waals surface area contributed by atoms with Crippen molar-refractivity contribution < 1.29 is 38.9 Å². The summed E-state index contributed by atoms with van der Waals surface area (Å²) in [6.45, 7) is 22.3. The smallest absolute Gasteiger partial charge is 0.275 e. The molecule has 0 heterocycles. The molecule has 270 valence electrons. The van der Waals surface area contributed by atoms with Gasteiger partial charge < -0.3 is 0 Å². The van der Waals surface area contributed by atoms with Crippen LogP contribution in [0.3, 0.4) is 0 Å². The molecular formula is C34H62O9S3. The second-order valence-corrected chi connectivity index (χ2v) is 17.4. The molecule has 0 aromatic carbocycles. The predicted octanol–water partition coefficient (Wildman–Crippen LogP) is 8.49. The summed E-state index contributed by atoms with van der Waals surface area (Å²) in [7, 11) is -14.1. The molecule has 0 saturated heterocycles. The average molecular weight is 711 g/mol. The van der Waals surface area contributed by atoms with Crippen LogP contribution in [-0.2, 0) is 30.4 Å². The van der Waals surface area contributed by atoms with E-state index >= 15 is 0 Å². The molecule has 7 atom stereocenters. The molecule has 0 radical (unpaired) electrons. The number of hydrogen-bond donors (Lipinski definition) is 3. The molecule has 0 aliphatic heterocycles. The molecule has 0 spiro atoms. The summed E-state index contributed by atoms with van der Waals surface area (Å²) in [5, 5.41) is -4.48. The van der Waals surface area contributed by atoms with Gasteiger partial charge in [0.1, 0.15) is 15.7 Å².